The topological polar surface area (TPSA) is 61.6 Å². The molecule has 2 saturated heterocycles. The quantitative estimate of drug-likeness (QED) is 0.635. The third kappa shape index (κ3) is 3.91. The van der Waals surface area contributed by atoms with Crippen molar-refractivity contribution in [1.29, 1.82) is 0 Å². The standard InChI is InChI=1S/C26H29FN4O2/c1-18-9-12-28-31(18)23-14-20(6-7-24(23)32)17-29-13-11-26(16-19(29)2)10-8-25(33)30(26)22-5-3-4-21(27)15-22/h3-7,9,12,14-15,19,32H,8,10-11,13,16-17H2,1-2H3. The van der Waals surface area contributed by atoms with E-state index < -0.39 is 0 Å². The SMILES string of the molecule is Cc1ccnn1-c1cc(CN2CCC3(CCC(=O)N3c3cccc(F)c3)CC2C)ccc1O. The first-order valence-electron chi connectivity index (χ1n) is 11.5. The van der Waals surface area contributed by atoms with Gasteiger partial charge in [0.1, 0.15) is 17.3 Å². The first kappa shape index (κ1) is 21.6. The van der Waals surface area contributed by atoms with Gasteiger partial charge in [-0.3, -0.25) is 9.69 Å². The maximum Gasteiger partial charge on any atom is 0.227 e. The van der Waals surface area contributed by atoms with Crippen LogP contribution in [0.3, 0.4) is 0 Å². The molecule has 1 N–H and O–H groups in total. The summed E-state index contributed by atoms with van der Waals surface area (Å²) < 4.78 is 15.6. The number of phenolic OH excluding ortho intramolecular Hbond substituents is 1. The summed E-state index contributed by atoms with van der Waals surface area (Å²) in [6, 6.07) is 14.2. The Morgan fingerprint density at radius 1 is 1.18 bits per heavy atom. The van der Waals surface area contributed by atoms with E-state index >= 15 is 0 Å². The number of amides is 1. The number of likely N-dealkylation sites (tertiary alicyclic amines) is 1. The van der Waals surface area contributed by atoms with Gasteiger partial charge in [0, 0.05) is 43.1 Å². The Labute approximate surface area is 193 Å². The van der Waals surface area contributed by atoms with Gasteiger partial charge in [0.15, 0.2) is 0 Å². The minimum atomic E-state index is -0.316. The van der Waals surface area contributed by atoms with E-state index in [-0.39, 0.29) is 29.1 Å². The van der Waals surface area contributed by atoms with Crippen LogP contribution in [-0.4, -0.2) is 43.8 Å². The van der Waals surface area contributed by atoms with Crippen molar-refractivity contribution in [2.45, 2.75) is 57.7 Å². The minimum absolute atomic E-state index is 0.0824. The molecule has 1 aromatic heterocycles. The van der Waals surface area contributed by atoms with Crippen LogP contribution in [0, 0.1) is 12.7 Å². The number of hydrogen-bond acceptors (Lipinski definition) is 4. The van der Waals surface area contributed by atoms with E-state index in [1.807, 2.05) is 36.1 Å². The average Bonchev–Trinajstić information content (AvgIpc) is 3.34. The number of aromatic hydroxyl groups is 1. The zero-order valence-corrected chi connectivity index (χ0v) is 19.0. The molecule has 1 amide bonds. The Balaban J connectivity index is 1.35. The molecule has 5 rings (SSSR count). The van der Waals surface area contributed by atoms with Gasteiger partial charge in [-0.1, -0.05) is 12.1 Å². The lowest BCUT2D eigenvalue weighted by atomic mass is 9.81. The highest BCUT2D eigenvalue weighted by atomic mass is 19.1. The number of benzene rings is 2. The molecule has 7 heteroatoms. The first-order chi connectivity index (χ1) is 15.9. The Kier molecular flexibility index (Phi) is 5.44. The Hall–Kier alpha value is -3.19. The summed E-state index contributed by atoms with van der Waals surface area (Å²) >= 11 is 0. The van der Waals surface area contributed by atoms with Crippen molar-refractivity contribution in [1.82, 2.24) is 14.7 Å². The predicted octanol–water partition coefficient (Wildman–Crippen LogP) is 4.58. The molecule has 0 saturated carbocycles. The average molecular weight is 449 g/mol. The number of carbonyl (C=O) groups is 1. The summed E-state index contributed by atoms with van der Waals surface area (Å²) in [5.41, 5.74) is 3.14. The normalized spacial score (nSPS) is 23.5. The minimum Gasteiger partial charge on any atom is -0.506 e. The van der Waals surface area contributed by atoms with Gasteiger partial charge in [0.25, 0.3) is 0 Å². The number of hydrogen-bond donors (Lipinski definition) is 1. The third-order valence-electron chi connectivity index (χ3n) is 7.24. The van der Waals surface area contributed by atoms with Gasteiger partial charge in [-0.05, 0) is 75.1 Å². The van der Waals surface area contributed by atoms with Crippen LogP contribution in [0.1, 0.15) is 43.9 Å². The summed E-state index contributed by atoms with van der Waals surface area (Å²) in [7, 11) is 0. The van der Waals surface area contributed by atoms with Gasteiger partial charge in [-0.15, -0.1) is 0 Å². The van der Waals surface area contributed by atoms with Crippen LogP contribution in [0.15, 0.2) is 54.7 Å². The van der Waals surface area contributed by atoms with Crippen molar-refractivity contribution in [3.63, 3.8) is 0 Å². The molecule has 1 spiro atoms. The fourth-order valence-electron chi connectivity index (χ4n) is 5.57. The molecule has 33 heavy (non-hydrogen) atoms. The third-order valence-corrected chi connectivity index (χ3v) is 7.24. The van der Waals surface area contributed by atoms with Gasteiger partial charge >= 0.3 is 0 Å². The largest absolute Gasteiger partial charge is 0.506 e. The zero-order chi connectivity index (χ0) is 23.2. The number of halogens is 1. The van der Waals surface area contributed by atoms with Crippen molar-refractivity contribution >= 4 is 11.6 Å². The lowest BCUT2D eigenvalue weighted by Crippen LogP contribution is -2.56. The number of aryl methyl sites for hydroxylation is 1. The second-order valence-electron chi connectivity index (χ2n) is 9.41. The molecule has 0 bridgehead atoms. The van der Waals surface area contributed by atoms with Crippen molar-refractivity contribution in [3.8, 4) is 11.4 Å². The van der Waals surface area contributed by atoms with Gasteiger partial charge < -0.3 is 10.0 Å². The Morgan fingerprint density at radius 3 is 2.76 bits per heavy atom. The predicted molar refractivity (Wildman–Crippen MR) is 125 cm³/mol. The molecule has 2 unspecified atom stereocenters. The molecule has 0 aliphatic carbocycles. The highest BCUT2D eigenvalue weighted by Crippen LogP contribution is 2.44. The lowest BCUT2D eigenvalue weighted by molar-refractivity contribution is -0.117. The summed E-state index contributed by atoms with van der Waals surface area (Å²) in [6.45, 7) is 5.75. The van der Waals surface area contributed by atoms with Crippen LogP contribution in [0.5, 0.6) is 5.75 Å². The Morgan fingerprint density at radius 2 is 2.03 bits per heavy atom. The van der Waals surface area contributed by atoms with E-state index in [1.165, 1.54) is 12.1 Å². The van der Waals surface area contributed by atoms with E-state index in [0.29, 0.717) is 17.8 Å². The fourth-order valence-corrected chi connectivity index (χ4v) is 5.57. The fraction of sp³-hybridized carbons (Fsp3) is 0.385. The summed E-state index contributed by atoms with van der Waals surface area (Å²) in [6.07, 6.45) is 4.73. The van der Waals surface area contributed by atoms with Crippen LogP contribution in [0.4, 0.5) is 10.1 Å². The molecule has 2 aromatic carbocycles. The van der Waals surface area contributed by atoms with Crippen molar-refractivity contribution in [3.05, 3.63) is 71.8 Å². The van der Waals surface area contributed by atoms with E-state index in [9.17, 15) is 14.3 Å². The van der Waals surface area contributed by atoms with Crippen LogP contribution in [0.25, 0.3) is 5.69 Å². The van der Waals surface area contributed by atoms with Gasteiger partial charge in [0.2, 0.25) is 5.91 Å². The number of rotatable bonds is 4. The van der Waals surface area contributed by atoms with E-state index in [1.54, 1.807) is 23.0 Å². The molecule has 6 nitrogen and oxygen atoms in total. The molecular formula is C26H29FN4O2. The maximum atomic E-state index is 13.9. The number of anilines is 1. The summed E-state index contributed by atoms with van der Waals surface area (Å²) in [5, 5.41) is 14.7. The molecule has 3 heterocycles. The second-order valence-corrected chi connectivity index (χ2v) is 9.41. The number of phenols is 1. The second kappa shape index (κ2) is 8.30. The molecule has 2 atom stereocenters. The summed E-state index contributed by atoms with van der Waals surface area (Å²) in [4.78, 5) is 17.1. The zero-order valence-electron chi connectivity index (χ0n) is 19.0. The van der Waals surface area contributed by atoms with E-state index in [2.05, 4.69) is 16.9 Å². The summed E-state index contributed by atoms with van der Waals surface area (Å²) in [5.74, 6) is -0.0335. The molecule has 172 valence electrons. The highest BCUT2D eigenvalue weighted by Gasteiger charge is 2.49. The number of piperidine rings is 1. The number of nitrogens with zero attached hydrogens (tertiary/aromatic N) is 4. The first-order valence-corrected chi connectivity index (χ1v) is 11.5. The molecule has 0 radical (unpaired) electrons. The van der Waals surface area contributed by atoms with Gasteiger partial charge in [-0.25, -0.2) is 9.07 Å². The maximum absolute atomic E-state index is 13.9. The van der Waals surface area contributed by atoms with Crippen LogP contribution in [-0.2, 0) is 11.3 Å². The smallest absolute Gasteiger partial charge is 0.227 e. The van der Waals surface area contributed by atoms with E-state index in [0.717, 1.165) is 43.6 Å². The molecular weight excluding hydrogens is 419 g/mol. The molecule has 2 aliphatic heterocycles. The van der Waals surface area contributed by atoms with Crippen LogP contribution >= 0.6 is 0 Å². The van der Waals surface area contributed by atoms with E-state index in [4.69, 9.17) is 0 Å². The van der Waals surface area contributed by atoms with Crippen molar-refractivity contribution < 1.29 is 14.3 Å². The van der Waals surface area contributed by atoms with Crippen molar-refractivity contribution in [2.75, 3.05) is 11.4 Å². The lowest BCUT2D eigenvalue weighted by Gasteiger charge is -2.48. The van der Waals surface area contributed by atoms with Crippen molar-refractivity contribution in [2.24, 2.45) is 0 Å². The molecule has 2 fully saturated rings. The van der Waals surface area contributed by atoms with Crippen LogP contribution < -0.4 is 4.90 Å². The molecule has 2 aliphatic rings. The van der Waals surface area contributed by atoms with Crippen LogP contribution in [0.2, 0.25) is 0 Å². The monoisotopic (exact) mass is 448 g/mol. The van der Waals surface area contributed by atoms with Gasteiger partial charge in [0.05, 0.1) is 5.54 Å². The number of aromatic nitrogens is 2. The molecule has 3 aromatic rings. The highest BCUT2D eigenvalue weighted by molar-refractivity contribution is 5.97. The number of carbonyl (C=O) groups excluding carboxylic acids is 1. The van der Waals surface area contributed by atoms with Gasteiger partial charge in [-0.2, -0.15) is 5.10 Å². The Bertz CT molecular complexity index is 1190.